The van der Waals surface area contributed by atoms with Crippen molar-refractivity contribution >= 4 is 18.6 Å². The SMILES string of the molecule is N#C[S-].NC(N)=[NH2+].[Cl-].[Cs+]. The van der Waals surface area contributed by atoms with Gasteiger partial charge >= 0.3 is 74.9 Å². The van der Waals surface area contributed by atoms with Crippen LogP contribution in [-0.2, 0) is 12.6 Å². The van der Waals surface area contributed by atoms with Gasteiger partial charge in [0.05, 0.1) is 0 Å². The van der Waals surface area contributed by atoms with Gasteiger partial charge in [-0.05, 0) is 0 Å². The topological polar surface area (TPSA) is 101 Å². The van der Waals surface area contributed by atoms with E-state index in [1.54, 1.807) is 0 Å². The Morgan fingerprint density at radius 2 is 1.56 bits per heavy atom. The van der Waals surface area contributed by atoms with Gasteiger partial charge < -0.3 is 25.0 Å². The zero-order valence-electron chi connectivity index (χ0n) is 4.97. The summed E-state index contributed by atoms with van der Waals surface area (Å²) in [5.74, 6) is -0.0833. The summed E-state index contributed by atoms with van der Waals surface area (Å²) in [7, 11) is 0. The molecule has 9 heavy (non-hydrogen) atoms. The molecule has 6 N–H and O–H groups in total. The zero-order chi connectivity index (χ0) is 6.28. The molecule has 0 saturated heterocycles. The van der Waals surface area contributed by atoms with E-state index in [4.69, 9.17) is 5.26 Å². The molecule has 4 nitrogen and oxygen atoms in total. The second-order valence-corrected chi connectivity index (χ2v) is 0.774. The van der Waals surface area contributed by atoms with Crippen molar-refractivity contribution in [2.24, 2.45) is 11.5 Å². The molecular formula is C2H6ClCsN4S. The van der Waals surface area contributed by atoms with Crippen molar-refractivity contribution in [3.8, 4) is 5.40 Å². The molecule has 0 amide bonds. The largest absolute Gasteiger partial charge is 1.00 e. The normalized spacial score (nSPS) is 3.44. The van der Waals surface area contributed by atoms with Gasteiger partial charge in [-0.25, -0.2) is 5.26 Å². The molecule has 0 heterocycles. The first-order chi connectivity index (χ1) is 3.15. The van der Waals surface area contributed by atoms with Crippen LogP contribution in [0.3, 0.4) is 0 Å². The second kappa shape index (κ2) is 22.8. The Bertz CT molecular complexity index is 87.1. The van der Waals surface area contributed by atoms with Crippen LogP contribution in [0.4, 0.5) is 0 Å². The standard InChI is InChI=1S/CH5N3.CHNS.ClH.Cs/c2-1(3)4;2-1-3;;/h(H5,2,3,4);3H;1H;/q;;;+1/p-1. The fourth-order valence-electron chi connectivity index (χ4n) is 0. The summed E-state index contributed by atoms with van der Waals surface area (Å²) >= 11 is 3.70. The summed E-state index contributed by atoms with van der Waals surface area (Å²) in [5.41, 5.74) is 9.17. The quantitative estimate of drug-likeness (QED) is 0.178. The van der Waals surface area contributed by atoms with Crippen molar-refractivity contribution in [2.45, 2.75) is 0 Å². The summed E-state index contributed by atoms with van der Waals surface area (Å²) in [6, 6.07) is 0. The van der Waals surface area contributed by atoms with Gasteiger partial charge in [-0.3, -0.25) is 16.9 Å². The maximum Gasteiger partial charge on any atom is 1.00 e. The van der Waals surface area contributed by atoms with Crippen molar-refractivity contribution in [1.82, 2.24) is 0 Å². The van der Waals surface area contributed by atoms with E-state index < -0.39 is 0 Å². The molecule has 0 bridgehead atoms. The van der Waals surface area contributed by atoms with Crippen LogP contribution in [0.15, 0.2) is 0 Å². The summed E-state index contributed by atoms with van der Waals surface area (Å²) in [4.78, 5) is 0. The molecule has 0 aliphatic heterocycles. The number of hydrogen-bond donors (Lipinski definition) is 3. The average Bonchev–Trinajstić information content (AvgIpc) is 1.33. The maximum atomic E-state index is 7.13. The summed E-state index contributed by atoms with van der Waals surface area (Å²) in [5, 5.41) is 13.1. The number of nitriles is 1. The molecule has 0 aromatic rings. The van der Waals surface area contributed by atoms with E-state index in [-0.39, 0.29) is 87.3 Å². The third-order valence-corrected chi connectivity index (χ3v) is 0. The second-order valence-electron chi connectivity index (χ2n) is 0.591. The molecule has 0 spiro atoms. The number of halogens is 1. The molecule has 0 unspecified atom stereocenters. The Morgan fingerprint density at radius 1 is 1.56 bits per heavy atom. The molecule has 0 aromatic heterocycles. The van der Waals surface area contributed by atoms with Crippen LogP contribution in [0.1, 0.15) is 0 Å². The summed E-state index contributed by atoms with van der Waals surface area (Å²) in [6.07, 6.45) is 0. The number of guanidine groups is 1. The van der Waals surface area contributed by atoms with Gasteiger partial charge in [0.25, 0.3) is 0 Å². The maximum absolute atomic E-state index is 7.13. The van der Waals surface area contributed by atoms with Crippen molar-refractivity contribution < 1.29 is 86.7 Å². The molecule has 7 heteroatoms. The monoisotopic (exact) mass is 286 g/mol. The molecular weight excluding hydrogens is 280 g/mol. The number of nitrogens with two attached hydrogens (primary N) is 3. The first-order valence-corrected chi connectivity index (χ1v) is 1.70. The van der Waals surface area contributed by atoms with Crippen molar-refractivity contribution in [3.05, 3.63) is 0 Å². The molecule has 0 saturated carbocycles. The van der Waals surface area contributed by atoms with Crippen LogP contribution in [0.5, 0.6) is 0 Å². The van der Waals surface area contributed by atoms with E-state index in [1.165, 1.54) is 5.40 Å². The fraction of sp³-hybridized carbons (Fsp3) is 0. The molecule has 0 aromatic carbocycles. The van der Waals surface area contributed by atoms with Crippen LogP contribution < -0.4 is 98.2 Å². The van der Waals surface area contributed by atoms with E-state index in [2.05, 4.69) is 29.5 Å². The van der Waals surface area contributed by atoms with Crippen molar-refractivity contribution in [2.75, 3.05) is 0 Å². The van der Waals surface area contributed by atoms with E-state index in [9.17, 15) is 0 Å². The molecule has 48 valence electrons. The van der Waals surface area contributed by atoms with Gasteiger partial charge in [-0.15, -0.1) is 0 Å². The Kier molecular flexibility index (Phi) is 56.8. The van der Waals surface area contributed by atoms with E-state index in [1.807, 2.05) is 0 Å². The van der Waals surface area contributed by atoms with Gasteiger partial charge in [-0.2, -0.15) is 0 Å². The molecule has 0 radical (unpaired) electrons. The Balaban J connectivity index is -0.0000000233. The smallest absolute Gasteiger partial charge is 1.00 e. The van der Waals surface area contributed by atoms with Crippen LogP contribution in [0.2, 0.25) is 0 Å². The Hall–Kier alpha value is 1.32. The third kappa shape index (κ3) is 286. The van der Waals surface area contributed by atoms with Gasteiger partial charge in [0.15, 0.2) is 0 Å². The Morgan fingerprint density at radius 3 is 1.56 bits per heavy atom. The molecule has 0 aliphatic rings. The van der Waals surface area contributed by atoms with Gasteiger partial charge in [0.1, 0.15) is 0 Å². The number of hydrogen-bond acceptors (Lipinski definition) is 2. The minimum Gasteiger partial charge on any atom is -1.00 e. The summed E-state index contributed by atoms with van der Waals surface area (Å²) < 4.78 is 0. The summed E-state index contributed by atoms with van der Waals surface area (Å²) in [6.45, 7) is 0. The van der Waals surface area contributed by atoms with Crippen LogP contribution in [0.25, 0.3) is 0 Å². The minimum atomic E-state index is -0.0833. The van der Waals surface area contributed by atoms with Crippen LogP contribution in [0, 0.1) is 10.7 Å². The third-order valence-electron chi connectivity index (χ3n) is 0. The van der Waals surface area contributed by atoms with Gasteiger partial charge in [0, 0.05) is 0 Å². The zero-order valence-corrected chi connectivity index (χ0v) is 12.8. The first-order valence-electron chi connectivity index (χ1n) is 1.29. The molecule has 0 atom stereocenters. The Labute approximate surface area is 124 Å². The van der Waals surface area contributed by atoms with Crippen LogP contribution >= 0.6 is 0 Å². The predicted octanol–water partition coefficient (Wildman–Crippen LogP) is -8.96. The predicted molar refractivity (Wildman–Crippen MR) is 28.3 cm³/mol. The number of nitrogens with zero attached hydrogens (tertiary/aromatic N) is 1. The van der Waals surface area contributed by atoms with Crippen molar-refractivity contribution in [1.29, 1.82) is 5.26 Å². The molecule has 0 fully saturated rings. The van der Waals surface area contributed by atoms with Crippen LogP contribution in [-0.4, -0.2) is 5.96 Å². The van der Waals surface area contributed by atoms with E-state index in [0.717, 1.165) is 0 Å². The van der Waals surface area contributed by atoms with Gasteiger partial charge in [0.2, 0.25) is 0 Å². The number of rotatable bonds is 0. The van der Waals surface area contributed by atoms with Gasteiger partial charge in [-0.1, -0.05) is 5.40 Å². The first kappa shape index (κ1) is 22.4. The fourth-order valence-corrected chi connectivity index (χ4v) is 0. The minimum absolute atomic E-state index is 0. The average molecular weight is 287 g/mol. The van der Waals surface area contributed by atoms with Crippen molar-refractivity contribution in [3.63, 3.8) is 0 Å². The molecule has 0 rings (SSSR count). The van der Waals surface area contributed by atoms with E-state index in [0.29, 0.717) is 0 Å². The van der Waals surface area contributed by atoms with E-state index >= 15 is 0 Å². The number of thiocyanates is 1. The molecule has 0 aliphatic carbocycles.